The van der Waals surface area contributed by atoms with Gasteiger partial charge in [-0.15, -0.1) is 17.7 Å². The van der Waals surface area contributed by atoms with Crippen LogP contribution in [0.1, 0.15) is 18.1 Å². The summed E-state index contributed by atoms with van der Waals surface area (Å²) >= 11 is 0. The van der Waals surface area contributed by atoms with Crippen LogP contribution in [0.25, 0.3) is 0 Å². The minimum absolute atomic E-state index is 0. The predicted molar refractivity (Wildman–Crippen MR) is 43.8 cm³/mol. The van der Waals surface area contributed by atoms with E-state index in [1.165, 1.54) is 5.56 Å². The van der Waals surface area contributed by atoms with Crippen molar-refractivity contribution in [3.05, 3.63) is 48.0 Å². The Balaban J connectivity index is 0.000001000. The Labute approximate surface area is 92.1 Å². The van der Waals surface area contributed by atoms with Crippen LogP contribution in [-0.4, -0.2) is 0 Å². The van der Waals surface area contributed by atoms with Crippen molar-refractivity contribution in [3.63, 3.8) is 0 Å². The van der Waals surface area contributed by atoms with Gasteiger partial charge in [0.2, 0.25) is 0 Å². The van der Waals surface area contributed by atoms with E-state index in [2.05, 4.69) is 25.6 Å². The molecule has 1 aromatic carbocycles. The van der Waals surface area contributed by atoms with Gasteiger partial charge in [0.1, 0.15) is 0 Å². The van der Waals surface area contributed by atoms with Crippen molar-refractivity contribution in [2.75, 3.05) is 0 Å². The summed E-state index contributed by atoms with van der Waals surface area (Å²) in [4.78, 5) is 0. The summed E-state index contributed by atoms with van der Waals surface area (Å²) in [5, 5.41) is 0. The van der Waals surface area contributed by atoms with Crippen molar-refractivity contribution in [2.45, 2.75) is 13.3 Å². The van der Waals surface area contributed by atoms with Crippen LogP contribution in [0.15, 0.2) is 30.8 Å². The van der Waals surface area contributed by atoms with E-state index in [0.717, 1.165) is 12.0 Å². The first-order valence-electron chi connectivity index (χ1n) is 3.49. The van der Waals surface area contributed by atoms with Gasteiger partial charge >= 0.3 is 0 Å². The van der Waals surface area contributed by atoms with E-state index in [1.54, 1.807) is 0 Å². The molecule has 0 aliphatic rings. The maximum atomic E-state index is 3.61. The zero-order chi connectivity index (χ0) is 7.40. The Bertz CT molecular complexity index is 228. The molecule has 0 radical (unpaired) electrons. The van der Waals surface area contributed by atoms with Gasteiger partial charge in [-0.3, -0.25) is 0 Å². The maximum Gasteiger partial charge on any atom is 0 e. The molecule has 1 rings (SSSR count). The molecule has 0 nitrogen and oxygen atoms in total. The Morgan fingerprint density at radius 2 is 2.00 bits per heavy atom. The maximum absolute atomic E-state index is 3.61. The predicted octanol–water partition coefficient (Wildman–Crippen LogP) is 2.59. The van der Waals surface area contributed by atoms with Crippen LogP contribution >= 0.6 is 0 Å². The summed E-state index contributed by atoms with van der Waals surface area (Å²) in [5.74, 6) is 0. The van der Waals surface area contributed by atoms with Gasteiger partial charge in [0, 0.05) is 31.1 Å². The van der Waals surface area contributed by atoms with E-state index in [4.69, 9.17) is 0 Å². The summed E-state index contributed by atoms with van der Waals surface area (Å²) in [6.45, 7) is 5.75. The van der Waals surface area contributed by atoms with Crippen molar-refractivity contribution in [2.24, 2.45) is 0 Å². The minimum atomic E-state index is 0. The fourth-order valence-electron chi connectivity index (χ4n) is 1.00. The van der Waals surface area contributed by atoms with Crippen LogP contribution in [0.4, 0.5) is 0 Å². The molecule has 56 valence electrons. The number of benzene rings is 1. The van der Waals surface area contributed by atoms with Gasteiger partial charge < -0.3 is 0 Å². The van der Waals surface area contributed by atoms with E-state index in [-0.39, 0.29) is 31.1 Å². The monoisotopic (exact) mass is 369 g/mol. The molecule has 11 heavy (non-hydrogen) atoms. The van der Waals surface area contributed by atoms with E-state index in [9.17, 15) is 0 Å². The summed E-state index contributed by atoms with van der Waals surface area (Å²) < 4.78 is 0. The number of hydrogen-bond acceptors (Lipinski definition) is 0. The van der Waals surface area contributed by atoms with Gasteiger partial charge in [-0.2, -0.15) is 24.3 Å². The molecule has 0 atom stereocenters. The smallest absolute Gasteiger partial charge is 0 e. The molecule has 0 bridgehead atoms. The molecule has 0 aromatic heterocycles. The van der Waals surface area contributed by atoms with E-state index in [0.29, 0.717) is 0 Å². The van der Waals surface area contributed by atoms with Crippen molar-refractivity contribution < 1.29 is 31.1 Å². The van der Waals surface area contributed by atoms with Crippen molar-refractivity contribution >= 4 is 0 Å². The second kappa shape index (κ2) is 5.64. The Morgan fingerprint density at radius 1 is 1.36 bits per heavy atom. The third-order valence-electron chi connectivity index (χ3n) is 1.59. The number of hydrogen-bond donors (Lipinski definition) is 0. The Hall–Kier alpha value is 0.0119. The molecule has 0 N–H and O–H groups in total. The van der Waals surface area contributed by atoms with Gasteiger partial charge in [-0.05, 0) is 0 Å². The first-order valence-corrected chi connectivity index (χ1v) is 3.49. The standard InChI is InChI=1S/C10H11.U/c1-3-9-7-5-6-8-10(9)4-2;/h5-8H,1,4H2,2H3;/q-1;. The normalized spacial score (nSPS) is 8.45. The molecule has 0 amide bonds. The molecule has 0 fully saturated rings. The quantitative estimate of drug-likeness (QED) is 0.704. The molecular weight excluding hydrogens is 358 g/mol. The number of rotatable bonds is 2. The Morgan fingerprint density at radius 3 is 2.45 bits per heavy atom. The third-order valence-corrected chi connectivity index (χ3v) is 1.59. The number of aryl methyl sites for hydroxylation is 1. The van der Waals surface area contributed by atoms with Crippen LogP contribution in [0.2, 0.25) is 0 Å². The summed E-state index contributed by atoms with van der Waals surface area (Å²) in [7, 11) is 0. The Kier molecular flexibility index (Phi) is 5.64. The molecule has 0 spiro atoms. The van der Waals surface area contributed by atoms with Crippen LogP contribution in [0.5, 0.6) is 0 Å². The molecule has 0 saturated heterocycles. The molecular formula is C10H11U-. The fourth-order valence-corrected chi connectivity index (χ4v) is 1.00. The topological polar surface area (TPSA) is 0 Å². The van der Waals surface area contributed by atoms with E-state index < -0.39 is 0 Å². The molecule has 0 aliphatic heterocycles. The van der Waals surface area contributed by atoms with Crippen LogP contribution in [0, 0.1) is 37.2 Å². The average molecular weight is 369 g/mol. The SMILES string of the molecule is C=[C-]c1ccccc1CC.[U]. The largest absolute Gasteiger partial charge is 0.190 e. The van der Waals surface area contributed by atoms with Crippen molar-refractivity contribution in [3.8, 4) is 0 Å². The fraction of sp³-hybridized carbons (Fsp3) is 0.200. The summed E-state index contributed by atoms with van der Waals surface area (Å²) in [6, 6.07) is 8.19. The first-order chi connectivity index (χ1) is 4.88. The second-order valence-corrected chi connectivity index (χ2v) is 2.19. The summed E-state index contributed by atoms with van der Waals surface area (Å²) in [6.07, 6.45) is 3.95. The summed E-state index contributed by atoms with van der Waals surface area (Å²) in [5.41, 5.74) is 2.45. The van der Waals surface area contributed by atoms with Gasteiger partial charge in [-0.25, -0.2) is 0 Å². The molecule has 1 aromatic rings. The van der Waals surface area contributed by atoms with E-state index >= 15 is 0 Å². The molecule has 0 unspecified atom stereocenters. The molecule has 1 heteroatoms. The zero-order valence-electron chi connectivity index (χ0n) is 6.72. The minimum Gasteiger partial charge on any atom is -0.190 e. The third kappa shape index (κ3) is 2.85. The van der Waals surface area contributed by atoms with Gasteiger partial charge in [0.25, 0.3) is 0 Å². The van der Waals surface area contributed by atoms with E-state index in [1.807, 2.05) is 18.2 Å². The zero-order valence-corrected chi connectivity index (χ0v) is 10.9. The van der Waals surface area contributed by atoms with Gasteiger partial charge in [0.05, 0.1) is 0 Å². The molecule has 0 aliphatic carbocycles. The van der Waals surface area contributed by atoms with Crippen LogP contribution in [-0.2, 0) is 6.42 Å². The van der Waals surface area contributed by atoms with Crippen LogP contribution in [0.3, 0.4) is 0 Å². The molecule has 0 saturated carbocycles. The van der Waals surface area contributed by atoms with Crippen molar-refractivity contribution in [1.29, 1.82) is 0 Å². The van der Waals surface area contributed by atoms with Crippen molar-refractivity contribution in [1.82, 2.24) is 0 Å². The van der Waals surface area contributed by atoms with Gasteiger partial charge in [-0.1, -0.05) is 19.4 Å². The van der Waals surface area contributed by atoms with Gasteiger partial charge in [0.15, 0.2) is 0 Å². The molecule has 0 heterocycles. The average Bonchev–Trinajstić information content (AvgIpc) is 2.04. The second-order valence-electron chi connectivity index (χ2n) is 2.19. The van der Waals surface area contributed by atoms with Crippen LogP contribution < -0.4 is 0 Å². The first kappa shape index (κ1) is 11.0.